The maximum atomic E-state index is 10.5. The molecule has 6 atom stereocenters. The van der Waals surface area contributed by atoms with Crippen molar-refractivity contribution >= 4 is 43.7 Å². The van der Waals surface area contributed by atoms with Gasteiger partial charge in [0.05, 0.1) is 0 Å². The van der Waals surface area contributed by atoms with Gasteiger partial charge in [0.15, 0.2) is 0 Å². The third kappa shape index (κ3) is 16.2. The Morgan fingerprint density at radius 3 is 1.23 bits per heavy atom. The molecule has 0 bridgehead atoms. The molecule has 0 rings (SSSR count). The molecule has 0 aromatic rings. The molecule has 0 saturated heterocycles. The zero-order valence-electron chi connectivity index (χ0n) is 12.7. The molecule has 0 aliphatic heterocycles. The molecule has 0 aliphatic rings. The van der Waals surface area contributed by atoms with Gasteiger partial charge in [-0.3, -0.25) is 8.42 Å². The molecule has 22 heavy (non-hydrogen) atoms. The van der Waals surface area contributed by atoms with Crippen LogP contribution in [0, 0.1) is 0 Å². The molecule has 0 aromatic carbocycles. The van der Waals surface area contributed by atoms with Gasteiger partial charge in [-0.25, -0.2) is 0 Å². The number of hydrogen-bond donors (Lipinski definition) is 4. The average molecular weight is 411 g/mol. The summed E-state index contributed by atoms with van der Waals surface area (Å²) in [6, 6.07) is -2.10. The van der Waals surface area contributed by atoms with Gasteiger partial charge in [0.1, 0.15) is 0 Å². The summed E-state index contributed by atoms with van der Waals surface area (Å²) in [4.78, 5) is 0. The normalized spacial score (nSPS) is 19.0. The Balaban J connectivity index is -0.00000180. The van der Waals surface area contributed by atoms with Crippen LogP contribution in [-0.2, 0) is 22.2 Å². The molecular formula is C8H20N4Na2O4S4. The Hall–Kier alpha value is 2.76. The molecule has 0 fully saturated rings. The second-order valence-electron chi connectivity index (χ2n) is 4.17. The van der Waals surface area contributed by atoms with Crippen molar-refractivity contribution in [2.75, 3.05) is 23.0 Å². The van der Waals surface area contributed by atoms with Gasteiger partial charge in [0, 0.05) is 47.2 Å². The van der Waals surface area contributed by atoms with Crippen LogP contribution in [0.25, 0.3) is 0 Å². The first kappa shape index (κ1) is 29.5. The van der Waals surface area contributed by atoms with E-state index in [0.29, 0.717) is 11.5 Å². The zero-order chi connectivity index (χ0) is 15.7. The molecule has 0 radical (unpaired) electrons. The molecule has 8 nitrogen and oxygen atoms in total. The monoisotopic (exact) mass is 410 g/mol. The SMILES string of the molecule is N[C@@H](CSSC[C@H](N)[C@@H](N)CS(=O)[O-])[C@@H](N)CS(=O)[O-].[Na+].[Na+]. The van der Waals surface area contributed by atoms with Crippen molar-refractivity contribution in [3.63, 3.8) is 0 Å². The first-order valence-corrected chi connectivity index (χ1v) is 10.6. The number of nitrogens with two attached hydrogens (primary N) is 4. The van der Waals surface area contributed by atoms with Gasteiger partial charge in [-0.05, 0) is 0 Å². The van der Waals surface area contributed by atoms with Crippen LogP contribution in [-0.4, -0.2) is 64.7 Å². The molecule has 0 aromatic heterocycles. The molecule has 14 heteroatoms. The summed E-state index contributed by atoms with van der Waals surface area (Å²) in [7, 11) is 2.81. The van der Waals surface area contributed by atoms with Gasteiger partial charge in [0.25, 0.3) is 0 Å². The van der Waals surface area contributed by atoms with Crippen LogP contribution in [0.5, 0.6) is 0 Å². The van der Waals surface area contributed by atoms with E-state index in [9.17, 15) is 17.5 Å². The first-order chi connectivity index (χ1) is 9.23. The van der Waals surface area contributed by atoms with Crippen LogP contribution in [0.15, 0.2) is 0 Å². The van der Waals surface area contributed by atoms with Crippen LogP contribution in [0.1, 0.15) is 0 Å². The second-order valence-corrected chi connectivity index (χ2v) is 8.60. The van der Waals surface area contributed by atoms with Crippen molar-refractivity contribution in [1.29, 1.82) is 0 Å². The summed E-state index contributed by atoms with van der Waals surface area (Å²) in [5.74, 6) is 0.592. The van der Waals surface area contributed by atoms with Crippen LogP contribution < -0.4 is 82.0 Å². The Kier molecular flexibility index (Phi) is 23.1. The molecule has 0 aliphatic carbocycles. The summed E-state index contributed by atoms with van der Waals surface area (Å²) < 4.78 is 41.9. The van der Waals surface area contributed by atoms with E-state index in [2.05, 4.69) is 0 Å². The summed E-state index contributed by atoms with van der Waals surface area (Å²) >= 11 is -4.42. The van der Waals surface area contributed by atoms with Crippen molar-refractivity contribution in [2.45, 2.75) is 24.2 Å². The van der Waals surface area contributed by atoms with Gasteiger partial charge in [-0.15, -0.1) is 0 Å². The Morgan fingerprint density at radius 1 is 0.727 bits per heavy atom. The fourth-order valence-electron chi connectivity index (χ4n) is 1.06. The largest absolute Gasteiger partial charge is 1.00 e. The van der Waals surface area contributed by atoms with E-state index in [0.717, 1.165) is 0 Å². The van der Waals surface area contributed by atoms with Gasteiger partial charge >= 0.3 is 59.1 Å². The molecule has 0 amide bonds. The van der Waals surface area contributed by atoms with E-state index in [4.69, 9.17) is 22.9 Å². The van der Waals surface area contributed by atoms with Crippen molar-refractivity contribution in [1.82, 2.24) is 0 Å². The molecular weight excluding hydrogens is 390 g/mol. The van der Waals surface area contributed by atoms with Crippen LogP contribution in [0.4, 0.5) is 0 Å². The zero-order valence-corrected chi connectivity index (χ0v) is 20.0. The smallest absolute Gasteiger partial charge is 0.772 e. The number of hydrogen-bond acceptors (Lipinski definition) is 10. The van der Waals surface area contributed by atoms with Crippen molar-refractivity contribution in [2.24, 2.45) is 22.9 Å². The van der Waals surface area contributed by atoms with Crippen LogP contribution in [0.3, 0.4) is 0 Å². The fraction of sp³-hybridized carbons (Fsp3) is 1.00. The van der Waals surface area contributed by atoms with Crippen LogP contribution >= 0.6 is 21.6 Å². The maximum absolute atomic E-state index is 10.5. The second kappa shape index (κ2) is 17.2. The maximum Gasteiger partial charge on any atom is 1.00 e. The van der Waals surface area contributed by atoms with Gasteiger partial charge in [-0.1, -0.05) is 43.7 Å². The van der Waals surface area contributed by atoms with Crippen molar-refractivity contribution < 1.29 is 76.6 Å². The predicted octanol–water partition coefficient (Wildman–Crippen LogP) is -8.56. The Labute approximate surface area is 188 Å². The number of rotatable bonds is 11. The van der Waals surface area contributed by atoms with Crippen LogP contribution in [0.2, 0.25) is 0 Å². The van der Waals surface area contributed by atoms with E-state index in [1.165, 1.54) is 21.6 Å². The minimum atomic E-state index is -2.21. The summed E-state index contributed by atoms with van der Waals surface area (Å²) in [5, 5.41) is 0. The first-order valence-electron chi connectivity index (χ1n) is 5.62. The third-order valence-electron chi connectivity index (χ3n) is 2.36. The quantitative estimate of drug-likeness (QED) is 0.110. The van der Waals surface area contributed by atoms with Gasteiger partial charge in [0.2, 0.25) is 0 Å². The predicted molar refractivity (Wildman–Crippen MR) is 84.4 cm³/mol. The van der Waals surface area contributed by atoms with Gasteiger partial charge < -0.3 is 32.0 Å². The minimum absolute atomic E-state index is 0. The fourth-order valence-corrected chi connectivity index (χ4v) is 4.71. The average Bonchev–Trinajstić information content (AvgIpc) is 2.32. The van der Waals surface area contributed by atoms with Crippen molar-refractivity contribution in [3.05, 3.63) is 0 Å². The molecule has 122 valence electrons. The molecule has 0 spiro atoms. The van der Waals surface area contributed by atoms with E-state index in [-0.39, 0.29) is 70.6 Å². The van der Waals surface area contributed by atoms with E-state index >= 15 is 0 Å². The summed E-state index contributed by atoms with van der Waals surface area (Å²) in [5.41, 5.74) is 22.7. The van der Waals surface area contributed by atoms with Crippen molar-refractivity contribution in [3.8, 4) is 0 Å². The Bertz CT molecular complexity index is 305. The third-order valence-corrected chi connectivity index (χ3v) is 6.20. The summed E-state index contributed by atoms with van der Waals surface area (Å²) in [6.07, 6.45) is 0. The van der Waals surface area contributed by atoms with E-state index in [1.807, 2.05) is 0 Å². The van der Waals surface area contributed by atoms with E-state index < -0.39 is 46.3 Å². The molecule has 8 N–H and O–H groups in total. The topological polar surface area (TPSA) is 184 Å². The van der Waals surface area contributed by atoms with E-state index in [1.54, 1.807) is 0 Å². The van der Waals surface area contributed by atoms with Gasteiger partial charge in [-0.2, -0.15) is 0 Å². The molecule has 0 heterocycles. The summed E-state index contributed by atoms with van der Waals surface area (Å²) in [6.45, 7) is 0. The standard InChI is InChI=1S/C8H22N4O4S4.2Na/c9-5(7(11)3-19(13)14)1-17-18-2-6(10)8(12)4-20(15)16;;/h5-8H,1-4,9-12H2,(H,13,14)(H,15,16);;/q;2*+1/p-2/t5-,6-,7-,8-;;/m0../s1. The minimum Gasteiger partial charge on any atom is -0.772 e. The Morgan fingerprint density at radius 2 is 1.00 bits per heavy atom. The molecule has 2 unspecified atom stereocenters. The molecule has 0 saturated carbocycles.